The van der Waals surface area contributed by atoms with Gasteiger partial charge in [-0.25, -0.2) is 4.79 Å². The lowest BCUT2D eigenvalue weighted by Crippen LogP contribution is -2.58. The first-order valence-electron chi connectivity index (χ1n) is 13.9. The van der Waals surface area contributed by atoms with E-state index < -0.39 is 66.6 Å². The highest BCUT2D eigenvalue weighted by atomic mass is 19.4. The van der Waals surface area contributed by atoms with Crippen LogP contribution in [0.4, 0.5) is 18.0 Å². The summed E-state index contributed by atoms with van der Waals surface area (Å²) < 4.78 is 40.6. The van der Waals surface area contributed by atoms with Crippen LogP contribution in [-0.4, -0.2) is 71.0 Å². The zero-order valence-electron chi connectivity index (χ0n) is 23.4. The van der Waals surface area contributed by atoms with Crippen LogP contribution in [0.15, 0.2) is 42.5 Å². The van der Waals surface area contributed by atoms with Crippen molar-refractivity contribution >= 4 is 34.6 Å². The second-order valence-electron chi connectivity index (χ2n) is 11.0. The van der Waals surface area contributed by atoms with Gasteiger partial charge in [-0.15, -0.1) is 0 Å². The molecule has 0 radical (unpaired) electrons. The lowest BCUT2D eigenvalue weighted by atomic mass is 9.89. The summed E-state index contributed by atoms with van der Waals surface area (Å²) in [5.41, 5.74) is 0.672. The number of piperidine rings is 1. The molecule has 1 aliphatic rings. The summed E-state index contributed by atoms with van der Waals surface area (Å²) >= 11 is 0. The number of halogens is 3. The van der Waals surface area contributed by atoms with E-state index in [1.54, 1.807) is 32.0 Å². The molecule has 42 heavy (non-hydrogen) atoms. The third-order valence-electron chi connectivity index (χ3n) is 7.24. The van der Waals surface area contributed by atoms with Gasteiger partial charge in [-0.3, -0.25) is 14.4 Å². The predicted octanol–water partition coefficient (Wildman–Crippen LogP) is 2.87. The molecular weight excluding hydrogens is 557 g/mol. The van der Waals surface area contributed by atoms with Crippen molar-refractivity contribution in [1.82, 2.24) is 21.3 Å². The summed E-state index contributed by atoms with van der Waals surface area (Å²) in [5, 5.41) is 30.6. The van der Waals surface area contributed by atoms with E-state index in [0.717, 1.165) is 10.8 Å². The smallest absolute Gasteiger partial charge is 0.416 e. The SMILES string of the molecule is CC(C)CC(NC(=O)C(Cc1cccc2ccccc12)NC(=O)O)C(=O)NC(C[C@@H]1CCCNC1=O)C(O)C(F)(F)F. The number of rotatable bonds is 12. The molecule has 0 bridgehead atoms. The minimum absolute atomic E-state index is 0.0182. The van der Waals surface area contributed by atoms with Gasteiger partial charge >= 0.3 is 12.3 Å². The molecule has 0 aromatic heterocycles. The Morgan fingerprint density at radius 2 is 1.67 bits per heavy atom. The second-order valence-corrected chi connectivity index (χ2v) is 11.0. The van der Waals surface area contributed by atoms with E-state index in [9.17, 15) is 42.6 Å². The van der Waals surface area contributed by atoms with Gasteiger partial charge in [0, 0.05) is 18.9 Å². The van der Waals surface area contributed by atoms with E-state index in [1.807, 2.05) is 24.3 Å². The van der Waals surface area contributed by atoms with E-state index in [1.165, 1.54) is 0 Å². The molecule has 13 heteroatoms. The lowest BCUT2D eigenvalue weighted by molar-refractivity contribution is -0.213. The minimum atomic E-state index is -5.07. The van der Waals surface area contributed by atoms with Crippen molar-refractivity contribution in [2.75, 3.05) is 6.54 Å². The third kappa shape index (κ3) is 9.07. The average Bonchev–Trinajstić information content (AvgIpc) is 2.91. The predicted molar refractivity (Wildman–Crippen MR) is 148 cm³/mol. The van der Waals surface area contributed by atoms with Crippen LogP contribution in [0.25, 0.3) is 10.8 Å². The standard InChI is InChI=1S/C29H37F3N4O6/c1-16(2)13-22(26(39)34-21(24(37)29(30,31)32)15-19-10-6-12-33-25(19)38)35-27(40)23(36-28(41)42)14-18-9-5-8-17-7-3-4-11-20(17)18/h3-5,7-9,11,16,19,21-24,36-37H,6,10,12-15H2,1-2H3,(H,33,38)(H,34,39)(H,35,40)(H,41,42)/t19-,21?,22?,23?,24?/m0/s1. The molecule has 230 valence electrons. The Labute approximate surface area is 241 Å². The summed E-state index contributed by atoms with van der Waals surface area (Å²) in [5.74, 6) is -3.33. The zero-order chi connectivity index (χ0) is 31.0. The van der Waals surface area contributed by atoms with Gasteiger partial charge in [0.2, 0.25) is 17.7 Å². The number of hydrogen-bond donors (Lipinski definition) is 6. The quantitative estimate of drug-likeness (QED) is 0.222. The first kappa shape index (κ1) is 32.6. The molecule has 1 saturated heterocycles. The average molecular weight is 595 g/mol. The number of nitrogens with one attached hydrogen (secondary N) is 4. The zero-order valence-corrected chi connectivity index (χ0v) is 23.4. The van der Waals surface area contributed by atoms with E-state index >= 15 is 0 Å². The van der Waals surface area contributed by atoms with E-state index in [-0.39, 0.29) is 18.8 Å². The molecule has 5 atom stereocenters. The first-order valence-corrected chi connectivity index (χ1v) is 13.9. The van der Waals surface area contributed by atoms with Crippen LogP contribution in [0, 0.1) is 11.8 Å². The number of alkyl halides is 3. The normalized spacial score (nSPS) is 18.5. The molecular formula is C29H37F3N4O6. The minimum Gasteiger partial charge on any atom is -0.465 e. The van der Waals surface area contributed by atoms with Gasteiger partial charge in [-0.2, -0.15) is 13.2 Å². The molecule has 1 fully saturated rings. The fourth-order valence-electron chi connectivity index (χ4n) is 5.17. The van der Waals surface area contributed by atoms with Crippen molar-refractivity contribution < 1.29 is 42.6 Å². The van der Waals surface area contributed by atoms with Crippen LogP contribution in [-0.2, 0) is 20.8 Å². The maximum absolute atomic E-state index is 13.5. The summed E-state index contributed by atoms with van der Waals surface area (Å²) in [6.45, 7) is 3.87. The number of aliphatic hydroxyl groups is 1. The monoisotopic (exact) mass is 594 g/mol. The fraction of sp³-hybridized carbons (Fsp3) is 0.517. The molecule has 1 heterocycles. The Morgan fingerprint density at radius 1 is 1.00 bits per heavy atom. The molecule has 4 amide bonds. The summed E-state index contributed by atoms with van der Waals surface area (Å²) in [4.78, 5) is 50.4. The van der Waals surface area contributed by atoms with Crippen LogP contribution in [0.2, 0.25) is 0 Å². The van der Waals surface area contributed by atoms with E-state index in [4.69, 9.17) is 0 Å². The Hall–Kier alpha value is -3.87. The van der Waals surface area contributed by atoms with Gasteiger partial charge in [0.25, 0.3) is 0 Å². The lowest BCUT2D eigenvalue weighted by Gasteiger charge is -2.32. The molecule has 2 aromatic carbocycles. The van der Waals surface area contributed by atoms with Crippen LogP contribution in [0.5, 0.6) is 0 Å². The highest BCUT2D eigenvalue weighted by molar-refractivity contribution is 5.92. The van der Waals surface area contributed by atoms with Crippen molar-refractivity contribution in [3.8, 4) is 0 Å². The third-order valence-corrected chi connectivity index (χ3v) is 7.24. The van der Waals surface area contributed by atoms with Crippen molar-refractivity contribution in [2.24, 2.45) is 11.8 Å². The molecule has 1 aliphatic heterocycles. The Morgan fingerprint density at radius 3 is 2.31 bits per heavy atom. The van der Waals surface area contributed by atoms with Crippen LogP contribution < -0.4 is 21.3 Å². The number of carbonyl (C=O) groups excluding carboxylic acids is 3. The molecule has 4 unspecified atom stereocenters. The van der Waals surface area contributed by atoms with Crippen LogP contribution >= 0.6 is 0 Å². The molecule has 10 nitrogen and oxygen atoms in total. The number of hydrogen-bond acceptors (Lipinski definition) is 5. The molecule has 0 saturated carbocycles. The summed E-state index contributed by atoms with van der Waals surface area (Å²) in [7, 11) is 0. The van der Waals surface area contributed by atoms with Crippen molar-refractivity contribution in [2.45, 2.75) is 76.4 Å². The van der Waals surface area contributed by atoms with E-state index in [0.29, 0.717) is 24.9 Å². The van der Waals surface area contributed by atoms with Gasteiger partial charge in [0.05, 0.1) is 6.04 Å². The van der Waals surface area contributed by atoms with Crippen molar-refractivity contribution in [3.63, 3.8) is 0 Å². The first-order chi connectivity index (χ1) is 19.8. The summed E-state index contributed by atoms with van der Waals surface area (Å²) in [6, 6.07) is 8.20. The van der Waals surface area contributed by atoms with Crippen LogP contribution in [0.3, 0.4) is 0 Å². The van der Waals surface area contributed by atoms with Gasteiger partial charge in [0.15, 0.2) is 6.10 Å². The van der Waals surface area contributed by atoms with Crippen molar-refractivity contribution in [1.29, 1.82) is 0 Å². The molecule has 2 aromatic rings. The maximum Gasteiger partial charge on any atom is 0.416 e. The molecule has 0 aliphatic carbocycles. The maximum atomic E-state index is 13.5. The number of benzene rings is 2. The second kappa shape index (κ2) is 14.3. The molecule has 6 N–H and O–H groups in total. The van der Waals surface area contributed by atoms with Gasteiger partial charge in [-0.1, -0.05) is 56.3 Å². The Balaban J connectivity index is 1.82. The van der Waals surface area contributed by atoms with Gasteiger partial charge in [-0.05, 0) is 47.9 Å². The van der Waals surface area contributed by atoms with Gasteiger partial charge < -0.3 is 31.5 Å². The largest absolute Gasteiger partial charge is 0.465 e. The molecule has 3 rings (SSSR count). The van der Waals surface area contributed by atoms with Crippen LogP contribution in [0.1, 0.15) is 45.1 Å². The highest BCUT2D eigenvalue weighted by Crippen LogP contribution is 2.28. The Bertz CT molecular complexity index is 1270. The number of carbonyl (C=O) groups is 4. The number of fused-ring (bicyclic) bond motifs is 1. The Kier molecular flexibility index (Phi) is 11.1. The topological polar surface area (TPSA) is 157 Å². The summed E-state index contributed by atoms with van der Waals surface area (Å²) in [6.07, 6.45) is -9.14. The number of carboxylic acid groups (broad SMARTS) is 1. The van der Waals surface area contributed by atoms with Gasteiger partial charge in [0.1, 0.15) is 12.1 Å². The van der Waals surface area contributed by atoms with Crippen molar-refractivity contribution in [3.05, 3.63) is 48.0 Å². The molecule has 0 spiro atoms. The number of aliphatic hydroxyl groups excluding tert-OH is 1. The fourth-order valence-corrected chi connectivity index (χ4v) is 5.17. The van der Waals surface area contributed by atoms with E-state index in [2.05, 4.69) is 21.3 Å². The highest BCUT2D eigenvalue weighted by Gasteiger charge is 2.46. The number of amides is 4.